The summed E-state index contributed by atoms with van der Waals surface area (Å²) in [5.74, 6) is 2.99. The van der Waals surface area contributed by atoms with Gasteiger partial charge in [-0.2, -0.15) is 0 Å². The van der Waals surface area contributed by atoms with Crippen LogP contribution in [0.5, 0.6) is 0 Å². The van der Waals surface area contributed by atoms with E-state index >= 15 is 0 Å². The minimum Gasteiger partial charge on any atom is -0.311 e. The van der Waals surface area contributed by atoms with E-state index in [1.165, 1.54) is 89.9 Å². The first kappa shape index (κ1) is 22.6. The third-order valence-electron chi connectivity index (χ3n) is 9.59. The van der Waals surface area contributed by atoms with Crippen molar-refractivity contribution in [2.75, 3.05) is 0 Å². The van der Waals surface area contributed by atoms with Crippen LogP contribution in [0.25, 0.3) is 0 Å². The molecular weight excluding hydrogens is 338 g/mol. The molecule has 3 saturated carbocycles. The lowest BCUT2D eigenvalue weighted by Crippen LogP contribution is -2.58. The summed E-state index contributed by atoms with van der Waals surface area (Å²) in [5, 5.41) is 4.04. The first-order valence-corrected chi connectivity index (χ1v) is 13.2. The summed E-state index contributed by atoms with van der Waals surface area (Å²) >= 11 is 0. The van der Waals surface area contributed by atoms with Crippen LogP contribution in [-0.4, -0.2) is 12.1 Å². The third-order valence-corrected chi connectivity index (χ3v) is 9.59. The maximum Gasteiger partial charge on any atom is 0.0101 e. The fraction of sp³-hybridized carbons (Fsp3) is 1.00. The second-order valence-corrected chi connectivity index (χ2v) is 11.5. The van der Waals surface area contributed by atoms with E-state index in [1.54, 1.807) is 6.42 Å². The highest BCUT2D eigenvalue weighted by Crippen LogP contribution is 2.78. The van der Waals surface area contributed by atoms with Crippen LogP contribution in [0, 0.1) is 28.6 Å². The number of unbranched alkanes of at least 4 members (excludes halogenated alkanes) is 3. The highest BCUT2D eigenvalue weighted by Gasteiger charge is 2.72. The van der Waals surface area contributed by atoms with Gasteiger partial charge in [0.1, 0.15) is 0 Å². The second kappa shape index (κ2) is 9.84. The van der Waals surface area contributed by atoms with Gasteiger partial charge in [-0.1, -0.05) is 92.4 Å². The molecule has 5 atom stereocenters. The molecule has 1 nitrogen and oxygen atoms in total. The van der Waals surface area contributed by atoms with Crippen molar-refractivity contribution in [3.63, 3.8) is 0 Å². The first-order chi connectivity index (χ1) is 13.5. The van der Waals surface area contributed by atoms with Gasteiger partial charge in [-0.25, -0.2) is 0 Å². The zero-order valence-electron chi connectivity index (χ0n) is 20.0. The van der Waals surface area contributed by atoms with Crippen LogP contribution in [0.3, 0.4) is 0 Å². The van der Waals surface area contributed by atoms with E-state index in [9.17, 15) is 0 Å². The molecule has 5 unspecified atom stereocenters. The van der Waals surface area contributed by atoms with Gasteiger partial charge in [-0.15, -0.1) is 0 Å². The van der Waals surface area contributed by atoms with E-state index in [4.69, 9.17) is 0 Å². The Kier molecular flexibility index (Phi) is 7.96. The maximum atomic E-state index is 4.04. The standard InChI is InChI=1S/C27H51N/c1-6-9-10-11-14-21(13-7-2)17-18-22-19-27(22)20-24(26(27,4)5)25(8-3)28-23-15-12-16-23/h21-25,28H,6-20H2,1-5H3. The molecule has 0 aromatic heterocycles. The highest BCUT2D eigenvalue weighted by molar-refractivity contribution is 5.21. The van der Waals surface area contributed by atoms with Gasteiger partial charge in [0, 0.05) is 12.1 Å². The van der Waals surface area contributed by atoms with E-state index in [-0.39, 0.29) is 0 Å². The van der Waals surface area contributed by atoms with Crippen LogP contribution >= 0.6 is 0 Å². The Labute approximate surface area is 177 Å². The van der Waals surface area contributed by atoms with Crippen LogP contribution in [-0.2, 0) is 0 Å². The van der Waals surface area contributed by atoms with Gasteiger partial charge in [0.15, 0.2) is 0 Å². The van der Waals surface area contributed by atoms with E-state index in [2.05, 4.69) is 39.9 Å². The number of rotatable bonds is 14. The predicted molar refractivity (Wildman–Crippen MR) is 124 cm³/mol. The van der Waals surface area contributed by atoms with Gasteiger partial charge in [0.2, 0.25) is 0 Å². The minimum absolute atomic E-state index is 0.566. The zero-order chi connectivity index (χ0) is 20.2. The Morgan fingerprint density at radius 2 is 1.68 bits per heavy atom. The van der Waals surface area contributed by atoms with Crippen LogP contribution in [0.2, 0.25) is 0 Å². The van der Waals surface area contributed by atoms with E-state index in [1.807, 2.05) is 0 Å². The summed E-state index contributed by atoms with van der Waals surface area (Å²) < 4.78 is 0. The highest BCUT2D eigenvalue weighted by atomic mass is 15.0. The smallest absolute Gasteiger partial charge is 0.0101 e. The van der Waals surface area contributed by atoms with Gasteiger partial charge in [-0.05, 0) is 67.1 Å². The lowest BCUT2D eigenvalue weighted by atomic mass is 9.48. The van der Waals surface area contributed by atoms with Crippen LogP contribution in [0.4, 0.5) is 0 Å². The van der Waals surface area contributed by atoms with E-state index in [0.717, 1.165) is 35.3 Å². The Morgan fingerprint density at radius 3 is 2.25 bits per heavy atom. The molecule has 3 aliphatic carbocycles. The van der Waals surface area contributed by atoms with Crippen LogP contribution < -0.4 is 5.32 Å². The van der Waals surface area contributed by atoms with Crippen molar-refractivity contribution in [2.24, 2.45) is 28.6 Å². The van der Waals surface area contributed by atoms with Crippen molar-refractivity contribution >= 4 is 0 Å². The normalized spacial score (nSPS) is 33.3. The molecule has 0 radical (unpaired) electrons. The van der Waals surface area contributed by atoms with Crippen molar-refractivity contribution < 1.29 is 0 Å². The molecule has 0 saturated heterocycles. The molecular formula is C27H51N. The van der Waals surface area contributed by atoms with E-state index < -0.39 is 0 Å². The summed E-state index contributed by atoms with van der Waals surface area (Å²) in [6, 6.07) is 1.62. The molecule has 0 heterocycles. The van der Waals surface area contributed by atoms with Crippen molar-refractivity contribution in [3.05, 3.63) is 0 Å². The Balaban J connectivity index is 1.44. The van der Waals surface area contributed by atoms with Crippen molar-refractivity contribution in [3.8, 4) is 0 Å². The van der Waals surface area contributed by atoms with Gasteiger partial charge in [0.25, 0.3) is 0 Å². The number of hydrogen-bond acceptors (Lipinski definition) is 1. The first-order valence-electron chi connectivity index (χ1n) is 13.2. The molecule has 0 aliphatic heterocycles. The average molecular weight is 390 g/mol. The monoisotopic (exact) mass is 389 g/mol. The fourth-order valence-corrected chi connectivity index (χ4v) is 7.13. The average Bonchev–Trinajstić information content (AvgIpc) is 3.38. The summed E-state index contributed by atoms with van der Waals surface area (Å²) in [4.78, 5) is 0. The number of nitrogens with one attached hydrogen (secondary N) is 1. The Bertz CT molecular complexity index is 465. The molecule has 0 aromatic carbocycles. The van der Waals surface area contributed by atoms with Crippen molar-refractivity contribution in [1.29, 1.82) is 0 Å². The second-order valence-electron chi connectivity index (χ2n) is 11.5. The maximum absolute atomic E-state index is 4.04. The fourth-order valence-electron chi connectivity index (χ4n) is 7.13. The van der Waals surface area contributed by atoms with Crippen LogP contribution in [0.1, 0.15) is 131 Å². The van der Waals surface area contributed by atoms with Crippen molar-refractivity contribution in [2.45, 2.75) is 143 Å². The summed E-state index contributed by atoms with van der Waals surface area (Å²) in [6.45, 7) is 12.4. The topological polar surface area (TPSA) is 12.0 Å². The zero-order valence-corrected chi connectivity index (χ0v) is 20.0. The van der Waals surface area contributed by atoms with Gasteiger partial charge in [0.05, 0.1) is 0 Å². The quantitative estimate of drug-likeness (QED) is 0.296. The number of hydrogen-bond donors (Lipinski definition) is 1. The lowest BCUT2D eigenvalue weighted by Gasteiger charge is -2.58. The van der Waals surface area contributed by atoms with Gasteiger partial charge >= 0.3 is 0 Å². The Hall–Kier alpha value is -0.0400. The van der Waals surface area contributed by atoms with Gasteiger partial charge < -0.3 is 5.32 Å². The minimum atomic E-state index is 0.566. The largest absolute Gasteiger partial charge is 0.311 e. The summed E-state index contributed by atoms with van der Waals surface area (Å²) in [6.07, 6.45) is 21.8. The molecule has 3 rings (SSSR count). The molecule has 164 valence electrons. The van der Waals surface area contributed by atoms with Crippen molar-refractivity contribution in [1.82, 2.24) is 5.32 Å². The molecule has 3 fully saturated rings. The molecule has 1 spiro atoms. The predicted octanol–water partition coefficient (Wildman–Crippen LogP) is 8.13. The van der Waals surface area contributed by atoms with Gasteiger partial charge in [-0.3, -0.25) is 0 Å². The molecule has 0 amide bonds. The SMILES string of the molecule is CCCCCCC(CCC)CCC1CC12CC(C(CC)NC1CCC1)C2(C)C. The molecule has 3 aliphatic rings. The third kappa shape index (κ3) is 4.65. The molecule has 28 heavy (non-hydrogen) atoms. The molecule has 0 bridgehead atoms. The van der Waals surface area contributed by atoms with Crippen LogP contribution in [0.15, 0.2) is 0 Å². The summed E-state index contributed by atoms with van der Waals surface area (Å²) in [7, 11) is 0. The van der Waals surface area contributed by atoms with E-state index in [0.29, 0.717) is 5.41 Å². The molecule has 0 aromatic rings. The lowest BCUT2D eigenvalue weighted by molar-refractivity contribution is -0.0802. The summed E-state index contributed by atoms with van der Waals surface area (Å²) in [5.41, 5.74) is 1.29. The molecule has 1 N–H and O–H groups in total. The molecule has 1 heteroatoms. The Morgan fingerprint density at radius 1 is 0.893 bits per heavy atom.